The Balaban J connectivity index is 2.81. The van der Waals surface area contributed by atoms with E-state index in [1.54, 1.807) is 0 Å². The molecular formula is C17H29N7O5S. The number of carbonyl (C=O) groups is 3. The molecule has 0 aliphatic rings. The number of ether oxygens (including phenoxy) is 2. The first-order valence-corrected chi connectivity index (χ1v) is 10.3. The van der Waals surface area contributed by atoms with Crippen LogP contribution in [0.5, 0.6) is 0 Å². The van der Waals surface area contributed by atoms with Crippen LogP contribution in [0.1, 0.15) is 33.6 Å². The molecule has 0 radical (unpaired) electrons. The van der Waals surface area contributed by atoms with Gasteiger partial charge >= 0.3 is 18.0 Å². The van der Waals surface area contributed by atoms with E-state index in [0.717, 1.165) is 11.9 Å². The average Bonchev–Trinajstić information content (AvgIpc) is 2.75. The third-order valence-electron chi connectivity index (χ3n) is 3.88. The summed E-state index contributed by atoms with van der Waals surface area (Å²) in [5.74, 6) is -0.283. The zero-order valence-corrected chi connectivity index (χ0v) is 18.7. The second-order valence-corrected chi connectivity index (χ2v) is 6.59. The summed E-state index contributed by atoms with van der Waals surface area (Å²) in [5, 5.41) is 5.78. The maximum atomic E-state index is 12.2. The Morgan fingerprint density at radius 2 is 1.77 bits per heavy atom. The number of rotatable bonds is 12. The van der Waals surface area contributed by atoms with Crippen LogP contribution in [0.25, 0.3) is 0 Å². The largest absolute Gasteiger partial charge is 0.469 e. The lowest BCUT2D eigenvalue weighted by molar-refractivity contribution is -0.144. The quantitative estimate of drug-likeness (QED) is 0.313. The Bertz CT molecular complexity index is 718. The van der Waals surface area contributed by atoms with Crippen molar-refractivity contribution in [3.63, 3.8) is 0 Å². The first-order valence-electron chi connectivity index (χ1n) is 9.51. The molecule has 1 atom stereocenters. The van der Waals surface area contributed by atoms with E-state index in [2.05, 4.69) is 39.8 Å². The van der Waals surface area contributed by atoms with E-state index >= 15 is 0 Å². The highest BCUT2D eigenvalue weighted by molar-refractivity contribution is 7.97. The lowest BCUT2D eigenvalue weighted by Crippen LogP contribution is -2.45. The third-order valence-corrected chi connectivity index (χ3v) is 4.53. The Labute approximate surface area is 180 Å². The van der Waals surface area contributed by atoms with Gasteiger partial charge in [0.25, 0.3) is 0 Å². The molecule has 0 fully saturated rings. The van der Waals surface area contributed by atoms with Crippen molar-refractivity contribution >= 4 is 41.8 Å². The molecule has 0 aliphatic carbocycles. The highest BCUT2D eigenvalue weighted by Crippen LogP contribution is 2.16. The van der Waals surface area contributed by atoms with Crippen LogP contribution in [0.4, 0.5) is 16.7 Å². The molecule has 1 heterocycles. The topological polar surface area (TPSA) is 148 Å². The zero-order valence-electron chi connectivity index (χ0n) is 17.9. The number of nitrogens with zero attached hydrogens (tertiary/aromatic N) is 4. The van der Waals surface area contributed by atoms with E-state index in [-0.39, 0.29) is 18.0 Å². The minimum Gasteiger partial charge on any atom is -0.469 e. The molecule has 1 aromatic heterocycles. The SMILES string of the molecule is CCNc1nc(SNC(=O)N[C@@H](CCC(=O)OC)C(=O)OC)nc(N(CC)CC)n1. The number of methoxy groups -OCH3 is 2. The van der Waals surface area contributed by atoms with Gasteiger partial charge in [0, 0.05) is 38.0 Å². The summed E-state index contributed by atoms with van der Waals surface area (Å²) in [7, 11) is 2.44. The van der Waals surface area contributed by atoms with Crippen molar-refractivity contribution in [1.29, 1.82) is 0 Å². The van der Waals surface area contributed by atoms with Crippen molar-refractivity contribution < 1.29 is 23.9 Å². The summed E-state index contributed by atoms with van der Waals surface area (Å²) in [6.07, 6.45) is -0.00367. The second kappa shape index (κ2) is 13.4. The molecule has 13 heteroatoms. The van der Waals surface area contributed by atoms with Gasteiger partial charge in [-0.3, -0.25) is 9.52 Å². The number of anilines is 2. The summed E-state index contributed by atoms with van der Waals surface area (Å²) in [5.41, 5.74) is 0. The molecule has 2 amide bonds. The first-order chi connectivity index (χ1) is 14.4. The maximum Gasteiger partial charge on any atom is 0.328 e. The summed E-state index contributed by atoms with van der Waals surface area (Å²) < 4.78 is 11.7. The van der Waals surface area contributed by atoms with Crippen LogP contribution < -0.4 is 20.3 Å². The van der Waals surface area contributed by atoms with Crippen LogP contribution in [0.2, 0.25) is 0 Å². The van der Waals surface area contributed by atoms with Gasteiger partial charge in [-0.25, -0.2) is 9.59 Å². The molecule has 0 spiro atoms. The number of hydrogen-bond acceptors (Lipinski definition) is 11. The van der Waals surface area contributed by atoms with Gasteiger partial charge in [-0.05, 0) is 27.2 Å². The van der Waals surface area contributed by atoms with Crippen LogP contribution in [-0.4, -0.2) is 72.8 Å². The van der Waals surface area contributed by atoms with Crippen molar-refractivity contribution in [3.05, 3.63) is 0 Å². The van der Waals surface area contributed by atoms with Gasteiger partial charge < -0.3 is 25.0 Å². The summed E-state index contributed by atoms with van der Waals surface area (Å²) in [6.45, 7) is 7.94. The smallest absolute Gasteiger partial charge is 0.328 e. The number of amides is 2. The second-order valence-electron chi connectivity index (χ2n) is 5.81. The molecule has 0 bridgehead atoms. The Kier molecular flexibility index (Phi) is 11.3. The summed E-state index contributed by atoms with van der Waals surface area (Å²) in [6, 6.07) is -1.66. The van der Waals surface area contributed by atoms with Crippen molar-refractivity contribution in [2.45, 2.75) is 44.8 Å². The number of esters is 2. The van der Waals surface area contributed by atoms with Gasteiger partial charge in [-0.15, -0.1) is 0 Å². The van der Waals surface area contributed by atoms with Crippen molar-refractivity contribution in [2.24, 2.45) is 0 Å². The highest BCUT2D eigenvalue weighted by atomic mass is 32.2. The average molecular weight is 444 g/mol. The van der Waals surface area contributed by atoms with E-state index in [9.17, 15) is 14.4 Å². The van der Waals surface area contributed by atoms with Gasteiger partial charge in [0.15, 0.2) is 0 Å². The minimum atomic E-state index is -1.00. The van der Waals surface area contributed by atoms with Gasteiger partial charge in [-0.1, -0.05) is 0 Å². The molecule has 1 aromatic rings. The number of urea groups is 1. The van der Waals surface area contributed by atoms with E-state index in [1.165, 1.54) is 14.2 Å². The lowest BCUT2D eigenvalue weighted by atomic mass is 10.1. The Hall–Kier alpha value is -2.83. The van der Waals surface area contributed by atoms with E-state index in [1.807, 2.05) is 25.7 Å². The first kappa shape index (κ1) is 25.2. The Morgan fingerprint density at radius 1 is 1.07 bits per heavy atom. The van der Waals surface area contributed by atoms with Gasteiger partial charge in [0.1, 0.15) is 6.04 Å². The van der Waals surface area contributed by atoms with E-state index in [4.69, 9.17) is 0 Å². The molecule has 0 saturated heterocycles. The van der Waals surface area contributed by atoms with E-state index < -0.39 is 24.0 Å². The monoisotopic (exact) mass is 443 g/mol. The third kappa shape index (κ3) is 8.27. The van der Waals surface area contributed by atoms with Gasteiger partial charge in [-0.2, -0.15) is 15.0 Å². The number of nitrogens with one attached hydrogen (secondary N) is 3. The molecule has 0 aromatic carbocycles. The summed E-state index contributed by atoms with van der Waals surface area (Å²) in [4.78, 5) is 50.3. The molecule has 12 nitrogen and oxygen atoms in total. The molecule has 168 valence electrons. The van der Waals surface area contributed by atoms with Crippen molar-refractivity contribution in [1.82, 2.24) is 25.0 Å². The molecule has 0 saturated carbocycles. The standard InChI is InChI=1S/C17H29N7O5S/c1-6-18-14-20-15(24(7-2)8-3)22-17(21-14)30-23-16(27)19-11(13(26)29-5)9-10-12(25)28-4/h11H,6-10H2,1-5H3,(H2,19,23,27)(H,18,20,21,22)/t11-/m0/s1. The molecule has 0 aliphatic heterocycles. The number of carbonyl (C=O) groups excluding carboxylic acids is 3. The van der Waals surface area contributed by atoms with Crippen molar-refractivity contribution in [3.8, 4) is 0 Å². The van der Waals surface area contributed by atoms with E-state index in [0.29, 0.717) is 31.5 Å². The maximum absolute atomic E-state index is 12.2. The Morgan fingerprint density at radius 3 is 2.33 bits per heavy atom. The van der Waals surface area contributed by atoms with Crippen molar-refractivity contribution in [2.75, 3.05) is 44.1 Å². The minimum absolute atomic E-state index is 0.0415. The van der Waals surface area contributed by atoms with Gasteiger partial charge in [0.05, 0.1) is 14.2 Å². The fraction of sp³-hybridized carbons (Fsp3) is 0.647. The van der Waals surface area contributed by atoms with Crippen LogP contribution in [0, 0.1) is 0 Å². The predicted molar refractivity (Wildman–Crippen MR) is 112 cm³/mol. The molecule has 3 N–H and O–H groups in total. The van der Waals surface area contributed by atoms with Crippen LogP contribution in [-0.2, 0) is 19.1 Å². The van der Waals surface area contributed by atoms with Crippen LogP contribution in [0.3, 0.4) is 0 Å². The lowest BCUT2D eigenvalue weighted by Gasteiger charge is -2.19. The summed E-state index contributed by atoms with van der Waals surface area (Å²) >= 11 is 0.877. The molecule has 0 unspecified atom stereocenters. The van der Waals surface area contributed by atoms with Crippen LogP contribution >= 0.6 is 11.9 Å². The molecular weight excluding hydrogens is 414 g/mol. The number of hydrogen-bond donors (Lipinski definition) is 3. The fourth-order valence-corrected chi connectivity index (χ4v) is 2.81. The van der Waals surface area contributed by atoms with Gasteiger partial charge in [0.2, 0.25) is 17.1 Å². The fourth-order valence-electron chi connectivity index (χ4n) is 2.31. The van der Waals surface area contributed by atoms with Crippen LogP contribution in [0.15, 0.2) is 5.16 Å². The highest BCUT2D eigenvalue weighted by Gasteiger charge is 2.23. The number of aromatic nitrogens is 3. The molecule has 1 rings (SSSR count). The normalized spacial score (nSPS) is 11.2. The predicted octanol–water partition coefficient (Wildman–Crippen LogP) is 0.951. The zero-order chi connectivity index (χ0) is 22.5. The molecule has 30 heavy (non-hydrogen) atoms.